The first-order valence-corrected chi connectivity index (χ1v) is 4.49. The zero-order valence-corrected chi connectivity index (χ0v) is 8.59. The minimum Gasteiger partial charge on any atom is -0.506 e. The highest BCUT2D eigenvalue weighted by atomic mass is 79.9. The molecule has 0 aliphatic rings. The molecule has 0 saturated heterocycles. The van der Waals surface area contributed by atoms with Crippen molar-refractivity contribution in [2.24, 2.45) is 0 Å². The molecule has 0 spiro atoms. The first kappa shape index (κ1) is 9.55. The van der Waals surface area contributed by atoms with Crippen LogP contribution in [0.3, 0.4) is 0 Å². The third-order valence-electron chi connectivity index (χ3n) is 1.80. The highest BCUT2D eigenvalue weighted by Gasteiger charge is 2.10. The van der Waals surface area contributed by atoms with Gasteiger partial charge in [0.25, 0.3) is 0 Å². The van der Waals surface area contributed by atoms with Gasteiger partial charge in [-0.3, -0.25) is 0 Å². The lowest BCUT2D eigenvalue weighted by Gasteiger charge is -2.10. The molecular formula is C9H11BrO2. The van der Waals surface area contributed by atoms with Crippen LogP contribution in [0, 0.1) is 6.92 Å². The number of aliphatic hydroxyl groups is 1. The summed E-state index contributed by atoms with van der Waals surface area (Å²) in [6.45, 7) is 3.47. The molecule has 0 bridgehead atoms. The lowest BCUT2D eigenvalue weighted by Crippen LogP contribution is -1.93. The Kier molecular flexibility index (Phi) is 2.75. The van der Waals surface area contributed by atoms with E-state index in [1.54, 1.807) is 19.1 Å². The number of benzene rings is 1. The predicted molar refractivity (Wildman–Crippen MR) is 51.2 cm³/mol. The molecule has 0 radical (unpaired) electrons. The lowest BCUT2D eigenvalue weighted by atomic mass is 10.1. The average Bonchev–Trinajstić information content (AvgIpc) is 2.00. The van der Waals surface area contributed by atoms with Crippen molar-refractivity contribution in [2.45, 2.75) is 20.0 Å². The SMILES string of the molecule is Cc1ccc(C(C)O)c(Br)c1O. The van der Waals surface area contributed by atoms with Crippen LogP contribution >= 0.6 is 15.9 Å². The molecule has 1 aromatic rings. The van der Waals surface area contributed by atoms with Crippen molar-refractivity contribution in [3.05, 3.63) is 27.7 Å². The first-order chi connectivity index (χ1) is 5.54. The maximum atomic E-state index is 9.48. The van der Waals surface area contributed by atoms with Gasteiger partial charge in [0.05, 0.1) is 10.6 Å². The van der Waals surface area contributed by atoms with E-state index in [4.69, 9.17) is 0 Å². The summed E-state index contributed by atoms with van der Waals surface area (Å²) < 4.78 is 0.581. The van der Waals surface area contributed by atoms with Crippen molar-refractivity contribution in [1.82, 2.24) is 0 Å². The zero-order valence-electron chi connectivity index (χ0n) is 7.00. The molecule has 0 amide bonds. The number of aliphatic hydroxyl groups excluding tert-OH is 1. The van der Waals surface area contributed by atoms with Crippen molar-refractivity contribution in [1.29, 1.82) is 0 Å². The van der Waals surface area contributed by atoms with Crippen LogP contribution in [0.4, 0.5) is 0 Å². The molecule has 0 fully saturated rings. The number of hydrogen-bond donors (Lipinski definition) is 2. The van der Waals surface area contributed by atoms with E-state index in [9.17, 15) is 10.2 Å². The quantitative estimate of drug-likeness (QED) is 0.779. The Labute approximate surface area is 80.0 Å². The third kappa shape index (κ3) is 1.62. The summed E-state index contributed by atoms with van der Waals surface area (Å²) in [6, 6.07) is 3.58. The normalized spacial score (nSPS) is 13.0. The number of aryl methyl sites for hydroxylation is 1. The number of rotatable bonds is 1. The summed E-state index contributed by atoms with van der Waals surface area (Å²) >= 11 is 3.22. The molecule has 2 nitrogen and oxygen atoms in total. The molecule has 1 aromatic carbocycles. The number of phenols is 1. The zero-order chi connectivity index (χ0) is 9.30. The van der Waals surface area contributed by atoms with Gasteiger partial charge in [0.2, 0.25) is 0 Å². The van der Waals surface area contributed by atoms with E-state index in [0.29, 0.717) is 10.0 Å². The van der Waals surface area contributed by atoms with E-state index in [1.807, 2.05) is 6.92 Å². The second-order valence-corrected chi connectivity index (χ2v) is 3.60. The molecule has 0 saturated carbocycles. The summed E-state index contributed by atoms with van der Waals surface area (Å²) in [4.78, 5) is 0. The minimum atomic E-state index is -0.564. The van der Waals surface area contributed by atoms with Crippen LogP contribution in [0.25, 0.3) is 0 Å². The maximum absolute atomic E-state index is 9.48. The second-order valence-electron chi connectivity index (χ2n) is 2.81. The highest BCUT2D eigenvalue weighted by Crippen LogP contribution is 2.33. The van der Waals surface area contributed by atoms with E-state index in [-0.39, 0.29) is 5.75 Å². The van der Waals surface area contributed by atoms with Gasteiger partial charge in [-0.05, 0) is 40.9 Å². The molecule has 1 unspecified atom stereocenters. The van der Waals surface area contributed by atoms with Gasteiger partial charge >= 0.3 is 0 Å². The molecule has 0 aliphatic heterocycles. The molecule has 12 heavy (non-hydrogen) atoms. The first-order valence-electron chi connectivity index (χ1n) is 3.70. The summed E-state index contributed by atoms with van der Waals surface area (Å²) in [7, 11) is 0. The Bertz CT molecular complexity index is 295. The van der Waals surface area contributed by atoms with Gasteiger partial charge in [-0.15, -0.1) is 0 Å². The van der Waals surface area contributed by atoms with Crippen LogP contribution in [-0.4, -0.2) is 10.2 Å². The Hall–Kier alpha value is -0.540. The van der Waals surface area contributed by atoms with Crippen LogP contribution in [0.1, 0.15) is 24.2 Å². The molecule has 0 aliphatic carbocycles. The number of hydrogen-bond acceptors (Lipinski definition) is 2. The van der Waals surface area contributed by atoms with Crippen LogP contribution < -0.4 is 0 Å². The fraction of sp³-hybridized carbons (Fsp3) is 0.333. The van der Waals surface area contributed by atoms with Gasteiger partial charge in [-0.25, -0.2) is 0 Å². The van der Waals surface area contributed by atoms with E-state index >= 15 is 0 Å². The van der Waals surface area contributed by atoms with Crippen molar-refractivity contribution in [3.63, 3.8) is 0 Å². The topological polar surface area (TPSA) is 40.5 Å². The van der Waals surface area contributed by atoms with Crippen LogP contribution in [-0.2, 0) is 0 Å². The highest BCUT2D eigenvalue weighted by molar-refractivity contribution is 9.10. The Balaban J connectivity index is 3.27. The number of halogens is 1. The molecule has 3 heteroatoms. The van der Waals surface area contributed by atoms with Gasteiger partial charge in [0.1, 0.15) is 5.75 Å². The van der Waals surface area contributed by atoms with Crippen molar-refractivity contribution < 1.29 is 10.2 Å². The van der Waals surface area contributed by atoms with E-state index in [0.717, 1.165) is 5.56 Å². The number of phenolic OH excluding ortho intramolecular Hbond substituents is 1. The summed E-state index contributed by atoms with van der Waals surface area (Å²) in [5, 5.41) is 18.8. The van der Waals surface area contributed by atoms with Crippen LogP contribution in [0.5, 0.6) is 5.75 Å². The maximum Gasteiger partial charge on any atom is 0.133 e. The molecule has 1 rings (SSSR count). The molecule has 0 aromatic heterocycles. The molecule has 66 valence electrons. The van der Waals surface area contributed by atoms with Gasteiger partial charge < -0.3 is 10.2 Å². The number of aromatic hydroxyl groups is 1. The molecule has 1 atom stereocenters. The lowest BCUT2D eigenvalue weighted by molar-refractivity contribution is 0.198. The standard InChI is InChI=1S/C9H11BrO2/c1-5-3-4-7(6(2)11)8(10)9(5)12/h3-4,6,11-12H,1-2H3. The Morgan fingerprint density at radius 3 is 2.50 bits per heavy atom. The fourth-order valence-corrected chi connectivity index (χ4v) is 1.78. The monoisotopic (exact) mass is 230 g/mol. The molecule has 0 heterocycles. The fourth-order valence-electron chi connectivity index (χ4n) is 0.999. The van der Waals surface area contributed by atoms with Crippen LogP contribution in [0.2, 0.25) is 0 Å². The van der Waals surface area contributed by atoms with E-state index < -0.39 is 6.10 Å². The summed E-state index contributed by atoms with van der Waals surface area (Å²) in [6.07, 6.45) is -0.564. The van der Waals surface area contributed by atoms with E-state index in [1.165, 1.54) is 0 Å². The molecule has 2 N–H and O–H groups in total. The Morgan fingerprint density at radius 2 is 2.00 bits per heavy atom. The Morgan fingerprint density at radius 1 is 1.42 bits per heavy atom. The van der Waals surface area contributed by atoms with Crippen molar-refractivity contribution in [3.8, 4) is 5.75 Å². The van der Waals surface area contributed by atoms with Gasteiger partial charge in [-0.2, -0.15) is 0 Å². The third-order valence-corrected chi connectivity index (χ3v) is 2.63. The summed E-state index contributed by atoms with van der Waals surface area (Å²) in [5.41, 5.74) is 1.50. The largest absolute Gasteiger partial charge is 0.506 e. The predicted octanol–water partition coefficient (Wildman–Crippen LogP) is 2.52. The van der Waals surface area contributed by atoms with Gasteiger partial charge in [0, 0.05) is 0 Å². The average molecular weight is 231 g/mol. The summed E-state index contributed by atoms with van der Waals surface area (Å²) in [5.74, 6) is 0.202. The van der Waals surface area contributed by atoms with Gasteiger partial charge in [0.15, 0.2) is 0 Å². The van der Waals surface area contributed by atoms with E-state index in [2.05, 4.69) is 15.9 Å². The van der Waals surface area contributed by atoms with Crippen molar-refractivity contribution in [2.75, 3.05) is 0 Å². The molecular weight excluding hydrogens is 220 g/mol. The smallest absolute Gasteiger partial charge is 0.133 e. The van der Waals surface area contributed by atoms with Gasteiger partial charge in [-0.1, -0.05) is 12.1 Å². The second kappa shape index (κ2) is 3.46. The minimum absolute atomic E-state index is 0.202. The van der Waals surface area contributed by atoms with Crippen LogP contribution in [0.15, 0.2) is 16.6 Å². The van der Waals surface area contributed by atoms with Crippen molar-refractivity contribution >= 4 is 15.9 Å².